The lowest BCUT2D eigenvalue weighted by molar-refractivity contribution is -0.116. The molecule has 1 aromatic carbocycles. The van der Waals surface area contributed by atoms with Gasteiger partial charge in [-0.15, -0.1) is 0 Å². The van der Waals surface area contributed by atoms with Crippen molar-refractivity contribution in [2.45, 2.75) is 13.5 Å². The Morgan fingerprint density at radius 2 is 2.10 bits per heavy atom. The van der Waals surface area contributed by atoms with Gasteiger partial charge in [-0.1, -0.05) is 6.07 Å². The quantitative estimate of drug-likeness (QED) is 0.688. The minimum Gasteiger partial charge on any atom is -0.398 e. The lowest BCUT2D eigenvalue weighted by Gasteiger charge is -2.10. The summed E-state index contributed by atoms with van der Waals surface area (Å²) in [7, 11) is 0. The van der Waals surface area contributed by atoms with Gasteiger partial charge < -0.3 is 11.1 Å². The standard InChI is InChI=1S/C13H14N4O3/c1-8-9(14)3-2-4-10(8)15-12(19)7-17-6-5-11(18)16-13(17)20/h2-6H,7,14H2,1H3,(H,15,19)(H,16,18,20). The number of H-pyrrole nitrogens is 1. The first kappa shape index (κ1) is 13.6. The van der Waals surface area contributed by atoms with Gasteiger partial charge >= 0.3 is 5.69 Å². The first-order valence-corrected chi connectivity index (χ1v) is 5.92. The Kier molecular flexibility index (Phi) is 3.69. The molecule has 0 aliphatic carbocycles. The van der Waals surface area contributed by atoms with Crippen molar-refractivity contribution in [1.82, 2.24) is 9.55 Å². The number of anilines is 2. The van der Waals surface area contributed by atoms with E-state index in [-0.39, 0.29) is 12.5 Å². The van der Waals surface area contributed by atoms with E-state index in [1.807, 2.05) is 0 Å². The second-order valence-corrected chi connectivity index (χ2v) is 4.31. The number of carbonyl (C=O) groups excluding carboxylic acids is 1. The molecule has 20 heavy (non-hydrogen) atoms. The van der Waals surface area contributed by atoms with E-state index in [0.29, 0.717) is 11.4 Å². The van der Waals surface area contributed by atoms with Gasteiger partial charge in [0.25, 0.3) is 5.56 Å². The summed E-state index contributed by atoms with van der Waals surface area (Å²) >= 11 is 0. The van der Waals surface area contributed by atoms with Crippen molar-refractivity contribution >= 4 is 17.3 Å². The van der Waals surface area contributed by atoms with E-state index in [0.717, 1.165) is 10.1 Å². The molecule has 104 valence electrons. The van der Waals surface area contributed by atoms with Crippen LogP contribution in [0.25, 0.3) is 0 Å². The monoisotopic (exact) mass is 274 g/mol. The summed E-state index contributed by atoms with van der Waals surface area (Å²) in [5.74, 6) is -0.382. The molecule has 7 heteroatoms. The van der Waals surface area contributed by atoms with Crippen LogP contribution in [0.3, 0.4) is 0 Å². The smallest absolute Gasteiger partial charge is 0.328 e. The van der Waals surface area contributed by atoms with Gasteiger partial charge in [-0.05, 0) is 24.6 Å². The molecular weight excluding hydrogens is 260 g/mol. The fourth-order valence-corrected chi connectivity index (χ4v) is 1.70. The first-order valence-electron chi connectivity index (χ1n) is 5.92. The zero-order valence-electron chi connectivity index (χ0n) is 10.8. The van der Waals surface area contributed by atoms with E-state index in [1.54, 1.807) is 25.1 Å². The highest BCUT2D eigenvalue weighted by Crippen LogP contribution is 2.20. The van der Waals surface area contributed by atoms with Crippen molar-refractivity contribution < 1.29 is 4.79 Å². The summed E-state index contributed by atoms with van der Waals surface area (Å²) < 4.78 is 1.11. The number of nitrogens with zero attached hydrogens (tertiary/aromatic N) is 1. The molecule has 4 N–H and O–H groups in total. The fraction of sp³-hybridized carbons (Fsp3) is 0.154. The van der Waals surface area contributed by atoms with Gasteiger partial charge in [0.15, 0.2) is 0 Å². The number of amides is 1. The predicted octanol–water partition coefficient (Wildman–Crippen LogP) is 0.0659. The van der Waals surface area contributed by atoms with Gasteiger partial charge in [0.1, 0.15) is 6.54 Å². The van der Waals surface area contributed by atoms with Crippen LogP contribution in [-0.4, -0.2) is 15.5 Å². The van der Waals surface area contributed by atoms with E-state index in [9.17, 15) is 14.4 Å². The summed E-state index contributed by atoms with van der Waals surface area (Å²) in [5.41, 5.74) is 6.54. The van der Waals surface area contributed by atoms with E-state index in [4.69, 9.17) is 5.73 Å². The molecule has 2 aromatic rings. The van der Waals surface area contributed by atoms with Crippen molar-refractivity contribution in [1.29, 1.82) is 0 Å². The van der Waals surface area contributed by atoms with Gasteiger partial charge in [-0.3, -0.25) is 19.1 Å². The zero-order valence-corrected chi connectivity index (χ0v) is 10.8. The zero-order chi connectivity index (χ0) is 14.7. The van der Waals surface area contributed by atoms with Crippen molar-refractivity contribution in [2.75, 3.05) is 11.1 Å². The molecule has 1 heterocycles. The summed E-state index contributed by atoms with van der Waals surface area (Å²) in [4.78, 5) is 36.3. The van der Waals surface area contributed by atoms with Gasteiger partial charge in [-0.25, -0.2) is 4.79 Å². The maximum Gasteiger partial charge on any atom is 0.328 e. The van der Waals surface area contributed by atoms with Gasteiger partial charge in [0, 0.05) is 23.6 Å². The van der Waals surface area contributed by atoms with Crippen LogP contribution in [0.4, 0.5) is 11.4 Å². The molecule has 2 rings (SSSR count). The number of hydrogen-bond acceptors (Lipinski definition) is 4. The van der Waals surface area contributed by atoms with Gasteiger partial charge in [-0.2, -0.15) is 0 Å². The molecule has 1 amide bonds. The topological polar surface area (TPSA) is 110 Å². The molecule has 7 nitrogen and oxygen atoms in total. The van der Waals surface area contributed by atoms with Crippen LogP contribution in [-0.2, 0) is 11.3 Å². The summed E-state index contributed by atoms with van der Waals surface area (Å²) in [6.07, 6.45) is 1.27. The number of aromatic nitrogens is 2. The van der Waals surface area contributed by atoms with Crippen LogP contribution in [0.2, 0.25) is 0 Å². The Balaban J connectivity index is 2.15. The Morgan fingerprint density at radius 1 is 1.35 bits per heavy atom. The molecular formula is C13H14N4O3. The molecule has 0 saturated carbocycles. The Morgan fingerprint density at radius 3 is 2.80 bits per heavy atom. The van der Waals surface area contributed by atoms with Gasteiger partial charge in [0.2, 0.25) is 5.91 Å². The predicted molar refractivity (Wildman–Crippen MR) is 75.5 cm³/mol. The number of hydrogen-bond donors (Lipinski definition) is 3. The summed E-state index contributed by atoms with van der Waals surface area (Å²) in [5, 5.41) is 2.67. The average molecular weight is 274 g/mol. The summed E-state index contributed by atoms with van der Waals surface area (Å²) in [6.45, 7) is 1.60. The molecule has 0 aliphatic heterocycles. The van der Waals surface area contributed by atoms with Crippen LogP contribution in [0.5, 0.6) is 0 Å². The Labute approximate surface area is 114 Å². The first-order chi connectivity index (χ1) is 9.47. The SMILES string of the molecule is Cc1c(N)cccc1NC(=O)Cn1ccc(=O)[nH]c1=O. The third kappa shape index (κ3) is 2.94. The second kappa shape index (κ2) is 5.43. The fourth-order valence-electron chi connectivity index (χ4n) is 1.70. The molecule has 0 radical (unpaired) electrons. The number of nitrogens with one attached hydrogen (secondary N) is 2. The lowest BCUT2D eigenvalue weighted by Crippen LogP contribution is -2.32. The van der Waals surface area contributed by atoms with E-state index in [1.165, 1.54) is 12.3 Å². The maximum atomic E-state index is 11.9. The highest BCUT2D eigenvalue weighted by Gasteiger charge is 2.08. The van der Waals surface area contributed by atoms with Crippen molar-refractivity contribution in [2.24, 2.45) is 0 Å². The maximum absolute atomic E-state index is 11.9. The summed E-state index contributed by atoms with van der Waals surface area (Å²) in [6, 6.07) is 6.36. The van der Waals surface area contributed by atoms with Gasteiger partial charge in [0.05, 0.1) is 0 Å². The molecule has 0 spiro atoms. The van der Waals surface area contributed by atoms with Crippen LogP contribution < -0.4 is 22.3 Å². The lowest BCUT2D eigenvalue weighted by atomic mass is 10.1. The average Bonchev–Trinajstić information content (AvgIpc) is 2.38. The van der Waals surface area contributed by atoms with E-state index < -0.39 is 11.2 Å². The minimum absolute atomic E-state index is 0.191. The molecule has 1 aromatic heterocycles. The van der Waals surface area contributed by atoms with E-state index in [2.05, 4.69) is 10.3 Å². The highest BCUT2D eigenvalue weighted by atomic mass is 16.2. The van der Waals surface area contributed by atoms with Crippen LogP contribution in [0.15, 0.2) is 40.1 Å². The van der Waals surface area contributed by atoms with Crippen molar-refractivity contribution in [3.63, 3.8) is 0 Å². The minimum atomic E-state index is -0.628. The Hall–Kier alpha value is -2.83. The number of nitrogens with two attached hydrogens (primary N) is 1. The number of benzene rings is 1. The van der Waals surface area contributed by atoms with E-state index >= 15 is 0 Å². The molecule has 0 fully saturated rings. The number of carbonyl (C=O) groups is 1. The van der Waals surface area contributed by atoms with Crippen LogP contribution in [0, 0.1) is 6.92 Å². The second-order valence-electron chi connectivity index (χ2n) is 4.31. The molecule has 0 unspecified atom stereocenters. The third-order valence-electron chi connectivity index (χ3n) is 2.86. The number of rotatable bonds is 3. The Bertz CT molecular complexity index is 761. The molecule has 0 bridgehead atoms. The van der Waals surface area contributed by atoms with Crippen molar-refractivity contribution in [3.8, 4) is 0 Å². The highest BCUT2D eigenvalue weighted by molar-refractivity contribution is 5.92. The number of nitrogen functional groups attached to an aromatic ring is 1. The molecule has 0 atom stereocenters. The normalized spacial score (nSPS) is 10.2. The molecule has 0 saturated heterocycles. The third-order valence-corrected chi connectivity index (χ3v) is 2.86. The van der Waals surface area contributed by atoms with Crippen LogP contribution in [0.1, 0.15) is 5.56 Å². The number of aromatic amines is 1. The van der Waals surface area contributed by atoms with Crippen molar-refractivity contribution in [3.05, 3.63) is 56.9 Å². The van der Waals surface area contributed by atoms with Crippen LogP contribution >= 0.6 is 0 Å². The molecule has 0 aliphatic rings. The largest absolute Gasteiger partial charge is 0.398 e.